The van der Waals surface area contributed by atoms with Crippen molar-refractivity contribution in [3.05, 3.63) is 50.3 Å². The van der Waals surface area contributed by atoms with Crippen molar-refractivity contribution in [2.75, 3.05) is 6.54 Å². The lowest BCUT2D eigenvalue weighted by Gasteiger charge is -2.27. The molecular formula is C18H23N7O5. The van der Waals surface area contributed by atoms with E-state index in [4.69, 9.17) is 5.73 Å². The Kier molecular flexibility index (Phi) is 6.14. The molecule has 1 aliphatic heterocycles. The number of aromatic amines is 3. The Morgan fingerprint density at radius 1 is 1.33 bits per heavy atom. The molecule has 12 heteroatoms. The van der Waals surface area contributed by atoms with Crippen molar-refractivity contribution in [2.24, 2.45) is 5.73 Å². The van der Waals surface area contributed by atoms with E-state index in [-0.39, 0.29) is 24.1 Å². The van der Waals surface area contributed by atoms with Crippen LogP contribution in [-0.2, 0) is 22.4 Å². The highest BCUT2D eigenvalue weighted by molar-refractivity contribution is 5.98. The molecule has 0 unspecified atom stereocenters. The van der Waals surface area contributed by atoms with Gasteiger partial charge in [-0.05, 0) is 19.3 Å². The fraction of sp³-hybridized carbons (Fsp3) is 0.444. The Balaban J connectivity index is 1.91. The molecule has 0 aliphatic carbocycles. The van der Waals surface area contributed by atoms with Gasteiger partial charge in [0, 0.05) is 30.4 Å². The number of carbonyl (C=O) groups is 3. The number of primary amides is 1. The van der Waals surface area contributed by atoms with Crippen molar-refractivity contribution in [2.45, 2.75) is 44.7 Å². The number of hydrogen-bond acceptors (Lipinski definition) is 6. The van der Waals surface area contributed by atoms with Gasteiger partial charge in [-0.2, -0.15) is 0 Å². The SMILES string of the molecule is CCc1c(C(=O)N[C@@H](Cc2cnc[nH]2)C(=O)N2CCC[C@@H]2C(N)=O)[nH]c(=O)[nH]c1=O. The smallest absolute Gasteiger partial charge is 0.326 e. The number of amides is 3. The monoisotopic (exact) mass is 417 g/mol. The van der Waals surface area contributed by atoms with Crippen LogP contribution in [-0.4, -0.2) is 61.2 Å². The summed E-state index contributed by atoms with van der Waals surface area (Å²) in [7, 11) is 0. The molecule has 0 aromatic carbocycles. The van der Waals surface area contributed by atoms with Crippen LogP contribution >= 0.6 is 0 Å². The zero-order chi connectivity index (χ0) is 21.8. The van der Waals surface area contributed by atoms with Crippen LogP contribution in [0.4, 0.5) is 0 Å². The summed E-state index contributed by atoms with van der Waals surface area (Å²) in [5, 5.41) is 2.58. The highest BCUT2D eigenvalue weighted by Crippen LogP contribution is 2.19. The lowest BCUT2D eigenvalue weighted by atomic mass is 10.1. The fourth-order valence-corrected chi connectivity index (χ4v) is 3.62. The van der Waals surface area contributed by atoms with Crippen LogP contribution in [0.15, 0.2) is 22.1 Å². The number of aromatic nitrogens is 4. The summed E-state index contributed by atoms with van der Waals surface area (Å²) in [5.41, 5.74) is 4.38. The van der Waals surface area contributed by atoms with Crippen LogP contribution in [0.3, 0.4) is 0 Å². The van der Waals surface area contributed by atoms with Gasteiger partial charge in [-0.3, -0.25) is 24.2 Å². The van der Waals surface area contributed by atoms with Crippen LogP contribution in [0.5, 0.6) is 0 Å². The van der Waals surface area contributed by atoms with Gasteiger partial charge >= 0.3 is 5.69 Å². The maximum Gasteiger partial charge on any atom is 0.326 e. The Morgan fingerprint density at radius 2 is 2.10 bits per heavy atom. The average Bonchev–Trinajstić information content (AvgIpc) is 3.38. The Bertz CT molecular complexity index is 1060. The number of rotatable bonds is 7. The minimum absolute atomic E-state index is 0.0709. The number of likely N-dealkylation sites (tertiary alicyclic amines) is 1. The molecule has 1 aliphatic rings. The van der Waals surface area contributed by atoms with Crippen molar-refractivity contribution in [1.82, 2.24) is 30.2 Å². The third kappa shape index (κ3) is 4.31. The van der Waals surface area contributed by atoms with Crippen molar-refractivity contribution >= 4 is 17.7 Å². The molecule has 0 spiro atoms. The Labute approximate surface area is 170 Å². The molecule has 0 bridgehead atoms. The Morgan fingerprint density at radius 3 is 2.73 bits per heavy atom. The van der Waals surface area contributed by atoms with Crippen molar-refractivity contribution in [1.29, 1.82) is 0 Å². The van der Waals surface area contributed by atoms with Crippen molar-refractivity contribution in [3.63, 3.8) is 0 Å². The zero-order valence-electron chi connectivity index (χ0n) is 16.4. The lowest BCUT2D eigenvalue weighted by molar-refractivity contribution is -0.138. The van der Waals surface area contributed by atoms with Gasteiger partial charge in [-0.25, -0.2) is 9.78 Å². The molecule has 2 aromatic rings. The van der Waals surface area contributed by atoms with Crippen molar-refractivity contribution in [3.8, 4) is 0 Å². The van der Waals surface area contributed by atoms with E-state index >= 15 is 0 Å². The first-order valence-electron chi connectivity index (χ1n) is 9.55. The number of hydrogen-bond donors (Lipinski definition) is 5. The maximum absolute atomic E-state index is 13.2. The van der Waals surface area contributed by atoms with Crippen molar-refractivity contribution < 1.29 is 14.4 Å². The van der Waals surface area contributed by atoms with Crippen LogP contribution in [0, 0.1) is 0 Å². The van der Waals surface area contributed by atoms with E-state index < -0.39 is 41.1 Å². The summed E-state index contributed by atoms with van der Waals surface area (Å²) >= 11 is 0. The number of imidazole rings is 1. The predicted octanol–water partition coefficient (Wildman–Crippen LogP) is -1.83. The van der Waals surface area contributed by atoms with Crippen LogP contribution in [0.1, 0.15) is 41.5 Å². The van der Waals surface area contributed by atoms with Gasteiger partial charge in [0.2, 0.25) is 11.8 Å². The molecule has 30 heavy (non-hydrogen) atoms. The number of nitrogens with zero attached hydrogens (tertiary/aromatic N) is 2. The van der Waals surface area contributed by atoms with Crippen LogP contribution in [0.25, 0.3) is 0 Å². The number of carbonyl (C=O) groups excluding carboxylic acids is 3. The number of H-pyrrole nitrogens is 3. The average molecular weight is 417 g/mol. The minimum atomic E-state index is -1.06. The second-order valence-corrected chi connectivity index (χ2v) is 7.01. The molecule has 0 saturated carbocycles. The fourth-order valence-electron chi connectivity index (χ4n) is 3.62. The first kappa shape index (κ1) is 21.0. The molecule has 1 saturated heterocycles. The molecule has 12 nitrogen and oxygen atoms in total. The number of nitrogens with one attached hydrogen (secondary N) is 4. The first-order valence-corrected chi connectivity index (χ1v) is 9.55. The van der Waals surface area contributed by atoms with Crippen LogP contribution in [0.2, 0.25) is 0 Å². The summed E-state index contributed by atoms with van der Waals surface area (Å²) in [6.07, 6.45) is 4.28. The summed E-state index contributed by atoms with van der Waals surface area (Å²) in [6, 6.07) is -1.81. The second kappa shape index (κ2) is 8.76. The molecule has 2 atom stereocenters. The quantitative estimate of drug-likeness (QED) is 0.352. The van der Waals surface area contributed by atoms with Gasteiger partial charge in [0.25, 0.3) is 11.5 Å². The molecular weight excluding hydrogens is 394 g/mol. The summed E-state index contributed by atoms with van der Waals surface area (Å²) in [5.74, 6) is -1.87. The molecule has 6 N–H and O–H groups in total. The van der Waals surface area contributed by atoms with Gasteiger partial charge in [0.1, 0.15) is 17.8 Å². The summed E-state index contributed by atoms with van der Waals surface area (Å²) in [4.78, 5) is 73.9. The van der Waals surface area contributed by atoms with Gasteiger partial charge in [0.15, 0.2) is 0 Å². The summed E-state index contributed by atoms with van der Waals surface area (Å²) in [6.45, 7) is 2.00. The van der Waals surface area contributed by atoms with Crippen LogP contribution < -0.4 is 22.3 Å². The lowest BCUT2D eigenvalue weighted by Crippen LogP contribution is -2.54. The van der Waals surface area contributed by atoms with E-state index in [9.17, 15) is 24.0 Å². The molecule has 3 rings (SSSR count). The molecule has 0 radical (unpaired) electrons. The van der Waals surface area contributed by atoms with E-state index in [1.807, 2.05) is 0 Å². The number of nitrogens with two attached hydrogens (primary N) is 1. The van der Waals surface area contributed by atoms with E-state index in [1.165, 1.54) is 17.4 Å². The second-order valence-electron chi connectivity index (χ2n) is 7.01. The largest absolute Gasteiger partial charge is 0.368 e. The van der Waals surface area contributed by atoms with E-state index in [0.717, 1.165) is 0 Å². The zero-order valence-corrected chi connectivity index (χ0v) is 16.4. The van der Waals surface area contributed by atoms with E-state index in [2.05, 4.69) is 25.3 Å². The van der Waals surface area contributed by atoms with E-state index in [0.29, 0.717) is 25.1 Å². The summed E-state index contributed by atoms with van der Waals surface area (Å²) < 4.78 is 0. The molecule has 3 heterocycles. The standard InChI is InChI=1S/C18H23N7O5/c1-2-10-13(23-18(30)24-15(10)27)16(28)22-11(6-9-7-20-8-21-9)17(29)25-5-3-4-12(25)14(19)26/h7-8,11-12H,2-6H2,1H3,(H2,19,26)(H,20,21)(H,22,28)(H2,23,24,27,30)/t11-,12+/m0/s1. The molecule has 160 valence electrons. The topological polar surface area (TPSA) is 187 Å². The van der Waals surface area contributed by atoms with Gasteiger partial charge in [-0.15, -0.1) is 0 Å². The predicted molar refractivity (Wildman–Crippen MR) is 105 cm³/mol. The van der Waals surface area contributed by atoms with Gasteiger partial charge in [-0.1, -0.05) is 6.92 Å². The minimum Gasteiger partial charge on any atom is -0.368 e. The molecule has 2 aromatic heterocycles. The van der Waals surface area contributed by atoms with Gasteiger partial charge < -0.3 is 25.9 Å². The normalized spacial score (nSPS) is 17.0. The van der Waals surface area contributed by atoms with E-state index in [1.54, 1.807) is 6.92 Å². The Hall–Kier alpha value is -3.70. The third-order valence-corrected chi connectivity index (χ3v) is 5.07. The highest BCUT2D eigenvalue weighted by atomic mass is 16.2. The first-order chi connectivity index (χ1) is 14.3. The molecule has 1 fully saturated rings. The maximum atomic E-state index is 13.2. The third-order valence-electron chi connectivity index (χ3n) is 5.07. The van der Waals surface area contributed by atoms with Gasteiger partial charge in [0.05, 0.1) is 6.33 Å². The highest BCUT2D eigenvalue weighted by Gasteiger charge is 2.37. The molecule has 3 amide bonds.